The molecule has 1 saturated heterocycles. The molecule has 2 unspecified atom stereocenters. The minimum Gasteiger partial charge on any atom is -0.283 e. The smallest absolute Gasteiger partial charge is 0.258 e. The van der Waals surface area contributed by atoms with E-state index >= 15 is 0 Å². The molecule has 5 heteroatoms. The average Bonchev–Trinajstić information content (AvgIpc) is 2.04. The van der Waals surface area contributed by atoms with E-state index in [1.807, 2.05) is 14.1 Å². The van der Waals surface area contributed by atoms with Crippen molar-refractivity contribution in [3.05, 3.63) is 0 Å². The predicted octanol–water partition coefficient (Wildman–Crippen LogP) is 2.53. The first kappa shape index (κ1) is 10.5. The highest BCUT2D eigenvalue weighted by Gasteiger charge is 2.33. The monoisotopic (exact) mass is 221 g/mol. The Morgan fingerprint density at radius 3 is 2.83 bits per heavy atom. The summed E-state index contributed by atoms with van der Waals surface area (Å²) in [4.78, 5) is 0. The molecular weight excluding hydrogens is 209 g/mol. The van der Waals surface area contributed by atoms with Crippen LogP contribution in [0.4, 0.5) is 0 Å². The molecule has 68 valence electrons. The van der Waals surface area contributed by atoms with Crippen LogP contribution in [0.1, 0.15) is 6.42 Å². The molecular formula is C7H12NOPS2. The molecule has 2 nitrogen and oxygen atoms in total. The Balaban J connectivity index is 2.69. The second-order valence-electron chi connectivity index (χ2n) is 2.70. The van der Waals surface area contributed by atoms with Gasteiger partial charge in [0.15, 0.2) is 0 Å². The highest BCUT2D eigenvalue weighted by Crippen LogP contribution is 2.74. The van der Waals surface area contributed by atoms with Gasteiger partial charge in [0.1, 0.15) is 0 Å². The molecule has 0 aromatic heterocycles. The fraction of sp³-hybridized carbons (Fsp3) is 0.714. The minimum atomic E-state index is -2.23. The van der Waals surface area contributed by atoms with Crippen molar-refractivity contribution >= 4 is 28.5 Å². The number of hydrogen-bond acceptors (Lipinski definition) is 3. The molecule has 1 heterocycles. The zero-order chi connectivity index (χ0) is 9.19. The Morgan fingerprint density at radius 1 is 1.67 bits per heavy atom. The summed E-state index contributed by atoms with van der Waals surface area (Å²) in [6.45, 7) is 0. The Labute approximate surface area is 81.8 Å². The third-order valence-corrected chi connectivity index (χ3v) is 11.0. The molecule has 2 atom stereocenters. The summed E-state index contributed by atoms with van der Waals surface area (Å²) in [5, 5.41) is 0.138. The number of rotatable bonds is 1. The molecule has 1 fully saturated rings. The summed E-state index contributed by atoms with van der Waals surface area (Å²) < 4.78 is 13.9. The van der Waals surface area contributed by atoms with Gasteiger partial charge in [0, 0.05) is 5.75 Å². The summed E-state index contributed by atoms with van der Waals surface area (Å²) in [5.41, 5.74) is -2.23. The quantitative estimate of drug-likeness (QED) is 0.500. The van der Waals surface area contributed by atoms with Crippen LogP contribution in [0, 0.1) is 12.3 Å². The largest absolute Gasteiger partial charge is 0.283 e. The van der Waals surface area contributed by atoms with E-state index in [2.05, 4.69) is 5.92 Å². The SMILES string of the molecule is C#CC1CCSP(=O)(N(C)C)S1. The summed E-state index contributed by atoms with van der Waals surface area (Å²) in [7, 11) is 3.69. The molecule has 0 aliphatic carbocycles. The molecule has 0 aromatic carbocycles. The molecule has 12 heavy (non-hydrogen) atoms. The van der Waals surface area contributed by atoms with E-state index in [0.717, 1.165) is 12.2 Å². The van der Waals surface area contributed by atoms with Crippen LogP contribution in [0.15, 0.2) is 0 Å². The van der Waals surface area contributed by atoms with Crippen molar-refractivity contribution in [2.24, 2.45) is 0 Å². The molecule has 1 aliphatic rings. The lowest BCUT2D eigenvalue weighted by Crippen LogP contribution is -2.12. The highest BCUT2D eigenvalue weighted by molar-refractivity contribution is 8.90. The van der Waals surface area contributed by atoms with E-state index in [-0.39, 0.29) is 5.25 Å². The van der Waals surface area contributed by atoms with Gasteiger partial charge < -0.3 is 0 Å². The van der Waals surface area contributed by atoms with Crippen LogP contribution < -0.4 is 0 Å². The van der Waals surface area contributed by atoms with Crippen LogP contribution >= 0.6 is 28.5 Å². The molecule has 0 bridgehead atoms. The summed E-state index contributed by atoms with van der Waals surface area (Å²) in [6.07, 6.45) is 6.28. The molecule has 0 aromatic rings. The van der Waals surface area contributed by atoms with E-state index in [4.69, 9.17) is 6.42 Å². The van der Waals surface area contributed by atoms with Crippen molar-refractivity contribution in [2.45, 2.75) is 11.7 Å². The van der Waals surface area contributed by atoms with Crippen LogP contribution in [0.5, 0.6) is 0 Å². The van der Waals surface area contributed by atoms with Crippen LogP contribution in [0.25, 0.3) is 0 Å². The zero-order valence-electron chi connectivity index (χ0n) is 7.19. The molecule has 0 N–H and O–H groups in total. The third-order valence-electron chi connectivity index (χ3n) is 1.57. The van der Waals surface area contributed by atoms with Crippen LogP contribution in [0.2, 0.25) is 0 Å². The Morgan fingerprint density at radius 2 is 2.33 bits per heavy atom. The van der Waals surface area contributed by atoms with E-state index in [9.17, 15) is 4.57 Å². The Bertz CT molecular complexity index is 248. The van der Waals surface area contributed by atoms with Crippen LogP contribution in [0.3, 0.4) is 0 Å². The average molecular weight is 221 g/mol. The fourth-order valence-electron chi connectivity index (χ4n) is 0.843. The molecule has 0 saturated carbocycles. The maximum atomic E-state index is 12.1. The second-order valence-corrected chi connectivity index (χ2v) is 11.0. The van der Waals surface area contributed by atoms with Crippen molar-refractivity contribution in [2.75, 3.05) is 19.8 Å². The zero-order valence-corrected chi connectivity index (χ0v) is 9.72. The minimum absolute atomic E-state index is 0.138. The lowest BCUT2D eigenvalue weighted by molar-refractivity contribution is 0.544. The summed E-state index contributed by atoms with van der Waals surface area (Å²) in [6, 6.07) is 0. The second kappa shape index (κ2) is 4.11. The first-order valence-corrected chi connectivity index (χ1v) is 8.39. The Kier molecular flexibility index (Phi) is 3.60. The van der Waals surface area contributed by atoms with Crippen molar-refractivity contribution in [3.63, 3.8) is 0 Å². The number of hydrogen-bond donors (Lipinski definition) is 0. The topological polar surface area (TPSA) is 20.3 Å². The van der Waals surface area contributed by atoms with E-state index in [1.54, 1.807) is 16.1 Å². The molecule has 1 aliphatic heterocycles. The lowest BCUT2D eigenvalue weighted by Gasteiger charge is -2.29. The van der Waals surface area contributed by atoms with Gasteiger partial charge in [-0.2, -0.15) is 0 Å². The lowest BCUT2D eigenvalue weighted by atomic mass is 10.3. The van der Waals surface area contributed by atoms with Crippen molar-refractivity contribution < 1.29 is 4.57 Å². The fourth-order valence-corrected chi connectivity index (χ4v) is 8.72. The molecule has 0 radical (unpaired) electrons. The number of nitrogens with zero attached hydrogens (tertiary/aromatic N) is 1. The van der Waals surface area contributed by atoms with Crippen LogP contribution in [-0.4, -0.2) is 29.8 Å². The van der Waals surface area contributed by atoms with Gasteiger partial charge in [-0.1, -0.05) is 28.7 Å². The third kappa shape index (κ3) is 2.23. The van der Waals surface area contributed by atoms with Gasteiger partial charge in [-0.05, 0) is 20.5 Å². The summed E-state index contributed by atoms with van der Waals surface area (Å²) >= 11 is 2.99. The van der Waals surface area contributed by atoms with Gasteiger partial charge in [0.05, 0.1) is 5.25 Å². The van der Waals surface area contributed by atoms with E-state index in [0.29, 0.717) is 0 Å². The maximum Gasteiger partial charge on any atom is 0.258 e. The van der Waals surface area contributed by atoms with Crippen LogP contribution in [-0.2, 0) is 4.57 Å². The van der Waals surface area contributed by atoms with Gasteiger partial charge in [0.25, 0.3) is 5.70 Å². The molecule has 1 rings (SSSR count). The molecule has 0 amide bonds. The van der Waals surface area contributed by atoms with E-state index < -0.39 is 5.70 Å². The van der Waals surface area contributed by atoms with Crippen molar-refractivity contribution in [1.82, 2.24) is 4.67 Å². The first-order valence-electron chi connectivity index (χ1n) is 3.65. The normalized spacial score (nSPS) is 36.3. The van der Waals surface area contributed by atoms with E-state index in [1.165, 1.54) is 11.4 Å². The standard InChI is InChI=1S/C7H12NOPS2/c1-4-7-5-6-11-10(9,12-7)8(2)3/h1,7H,5-6H2,2-3H3. The van der Waals surface area contributed by atoms with Gasteiger partial charge >= 0.3 is 0 Å². The number of terminal acetylenes is 1. The predicted molar refractivity (Wildman–Crippen MR) is 58.6 cm³/mol. The van der Waals surface area contributed by atoms with Gasteiger partial charge in [0.2, 0.25) is 0 Å². The Hall–Kier alpha value is 0.450. The highest BCUT2D eigenvalue weighted by atomic mass is 33.1. The van der Waals surface area contributed by atoms with Gasteiger partial charge in [-0.25, -0.2) is 4.67 Å². The first-order chi connectivity index (χ1) is 5.58. The molecule has 0 spiro atoms. The van der Waals surface area contributed by atoms with Crippen molar-refractivity contribution in [3.8, 4) is 12.3 Å². The summed E-state index contributed by atoms with van der Waals surface area (Å²) in [5.74, 6) is 3.58. The maximum absolute atomic E-state index is 12.1. The van der Waals surface area contributed by atoms with Gasteiger partial charge in [-0.3, -0.25) is 4.57 Å². The van der Waals surface area contributed by atoms with Crippen molar-refractivity contribution in [1.29, 1.82) is 0 Å². The van der Waals surface area contributed by atoms with Gasteiger partial charge in [-0.15, -0.1) is 6.42 Å².